The minimum absolute atomic E-state index is 0.0149. The Morgan fingerprint density at radius 3 is 2.14 bits per heavy atom. The van der Waals surface area contributed by atoms with E-state index in [0.29, 0.717) is 5.69 Å². The normalized spacial score (nSPS) is 11.7. The second kappa shape index (κ2) is 6.75. The van der Waals surface area contributed by atoms with Gasteiger partial charge in [-0.3, -0.25) is 9.36 Å². The molecule has 1 heterocycles. The van der Waals surface area contributed by atoms with Gasteiger partial charge < -0.3 is 0 Å². The molecule has 0 amide bonds. The van der Waals surface area contributed by atoms with Crippen LogP contribution in [-0.4, -0.2) is 4.57 Å². The van der Waals surface area contributed by atoms with Crippen molar-refractivity contribution in [2.24, 2.45) is 0 Å². The summed E-state index contributed by atoms with van der Waals surface area (Å²) in [5.41, 5.74) is 4.42. The van der Waals surface area contributed by atoms with Crippen LogP contribution in [0.25, 0.3) is 27.7 Å². The van der Waals surface area contributed by atoms with Crippen molar-refractivity contribution in [3.8, 4) is 16.8 Å². The summed E-state index contributed by atoms with van der Waals surface area (Å²) in [6, 6.07) is 23.9. The minimum Gasteiger partial charge on any atom is -0.277 e. The van der Waals surface area contributed by atoms with Gasteiger partial charge in [-0.2, -0.15) is 0 Å². The van der Waals surface area contributed by atoms with Crippen molar-refractivity contribution in [1.82, 2.24) is 4.57 Å². The summed E-state index contributed by atoms with van der Waals surface area (Å²) in [7, 11) is 0. The summed E-state index contributed by atoms with van der Waals surface area (Å²) < 4.78 is 15.0. The van der Waals surface area contributed by atoms with E-state index >= 15 is 0 Å². The Balaban J connectivity index is 2.09. The number of hydrogen-bond acceptors (Lipinski definition) is 1. The molecule has 4 rings (SSSR count). The molecule has 2 nitrogen and oxygen atoms in total. The first-order chi connectivity index (χ1) is 13.3. The SMILES string of the molecule is CC(C)(C)c1ccc2c(c1)c(-c1ccccc1)cc(=O)n2-c1ccc(F)cc1. The van der Waals surface area contributed by atoms with Gasteiger partial charge in [-0.25, -0.2) is 4.39 Å². The Morgan fingerprint density at radius 2 is 1.50 bits per heavy atom. The molecule has 0 aliphatic rings. The van der Waals surface area contributed by atoms with E-state index < -0.39 is 0 Å². The lowest BCUT2D eigenvalue weighted by Gasteiger charge is -2.21. The summed E-state index contributed by atoms with van der Waals surface area (Å²) in [5.74, 6) is -0.322. The van der Waals surface area contributed by atoms with E-state index in [0.717, 1.165) is 22.0 Å². The zero-order valence-electron chi connectivity index (χ0n) is 16.2. The number of rotatable bonds is 2. The molecule has 0 aliphatic heterocycles. The number of hydrogen-bond donors (Lipinski definition) is 0. The number of benzene rings is 3. The van der Waals surface area contributed by atoms with Crippen LogP contribution in [0.5, 0.6) is 0 Å². The lowest BCUT2D eigenvalue weighted by Crippen LogP contribution is -2.19. The molecule has 0 saturated heterocycles. The quantitative estimate of drug-likeness (QED) is 0.418. The molecule has 0 unspecified atom stereocenters. The van der Waals surface area contributed by atoms with Gasteiger partial charge in [-0.1, -0.05) is 57.2 Å². The molecule has 0 spiro atoms. The van der Waals surface area contributed by atoms with Crippen LogP contribution in [-0.2, 0) is 5.41 Å². The summed E-state index contributed by atoms with van der Waals surface area (Å²) in [4.78, 5) is 13.1. The Labute approximate surface area is 163 Å². The molecule has 3 heteroatoms. The molecule has 4 aromatic rings. The Hall–Kier alpha value is -3.20. The van der Waals surface area contributed by atoms with E-state index in [1.54, 1.807) is 22.8 Å². The Kier molecular flexibility index (Phi) is 4.38. The number of fused-ring (bicyclic) bond motifs is 1. The van der Waals surface area contributed by atoms with Crippen molar-refractivity contribution < 1.29 is 4.39 Å². The lowest BCUT2D eigenvalue weighted by atomic mass is 9.85. The van der Waals surface area contributed by atoms with Crippen molar-refractivity contribution >= 4 is 10.9 Å². The molecule has 140 valence electrons. The van der Waals surface area contributed by atoms with Gasteiger partial charge in [0.15, 0.2) is 0 Å². The fraction of sp³-hybridized carbons (Fsp3) is 0.160. The Bertz CT molecular complexity index is 1200. The Morgan fingerprint density at radius 1 is 0.821 bits per heavy atom. The van der Waals surface area contributed by atoms with Gasteiger partial charge >= 0.3 is 0 Å². The highest BCUT2D eigenvalue weighted by Gasteiger charge is 2.18. The fourth-order valence-electron chi connectivity index (χ4n) is 3.51. The zero-order valence-corrected chi connectivity index (χ0v) is 16.2. The molecule has 1 aromatic heterocycles. The maximum atomic E-state index is 13.4. The third kappa shape index (κ3) is 3.24. The van der Waals surface area contributed by atoms with Crippen molar-refractivity contribution in [3.63, 3.8) is 0 Å². The van der Waals surface area contributed by atoms with E-state index in [4.69, 9.17) is 0 Å². The van der Waals surface area contributed by atoms with Gasteiger partial charge in [0.25, 0.3) is 5.56 Å². The number of pyridine rings is 1. The highest BCUT2D eigenvalue weighted by Crippen LogP contribution is 2.32. The van der Waals surface area contributed by atoms with Crippen LogP contribution in [0.2, 0.25) is 0 Å². The molecule has 0 radical (unpaired) electrons. The molecule has 0 fully saturated rings. The van der Waals surface area contributed by atoms with Crippen LogP contribution in [0.15, 0.2) is 83.7 Å². The van der Waals surface area contributed by atoms with Gasteiger partial charge in [0, 0.05) is 17.1 Å². The average molecular weight is 371 g/mol. The maximum Gasteiger partial charge on any atom is 0.256 e. The summed E-state index contributed by atoms with van der Waals surface area (Å²) in [5, 5.41) is 1.00. The van der Waals surface area contributed by atoms with Gasteiger partial charge in [-0.15, -0.1) is 0 Å². The largest absolute Gasteiger partial charge is 0.277 e. The number of nitrogens with zero attached hydrogens (tertiary/aromatic N) is 1. The van der Waals surface area contributed by atoms with E-state index in [2.05, 4.69) is 32.9 Å². The fourth-order valence-corrected chi connectivity index (χ4v) is 3.51. The predicted octanol–water partition coefficient (Wildman–Crippen LogP) is 6.09. The summed E-state index contributed by atoms with van der Waals surface area (Å²) >= 11 is 0. The van der Waals surface area contributed by atoms with Crippen LogP contribution in [0.4, 0.5) is 4.39 Å². The molecule has 0 atom stereocenters. The van der Waals surface area contributed by atoms with Gasteiger partial charge in [-0.05, 0) is 58.5 Å². The molecule has 0 saturated carbocycles. The number of halogens is 1. The monoisotopic (exact) mass is 371 g/mol. The van der Waals surface area contributed by atoms with E-state index in [1.165, 1.54) is 17.7 Å². The number of aromatic nitrogens is 1. The van der Waals surface area contributed by atoms with Crippen LogP contribution < -0.4 is 5.56 Å². The van der Waals surface area contributed by atoms with Gasteiger partial charge in [0.05, 0.1) is 5.52 Å². The lowest BCUT2D eigenvalue weighted by molar-refractivity contribution is 0.591. The smallest absolute Gasteiger partial charge is 0.256 e. The van der Waals surface area contributed by atoms with Crippen molar-refractivity contribution in [2.45, 2.75) is 26.2 Å². The zero-order chi connectivity index (χ0) is 19.9. The van der Waals surface area contributed by atoms with E-state index in [9.17, 15) is 9.18 Å². The highest BCUT2D eigenvalue weighted by atomic mass is 19.1. The first-order valence-corrected chi connectivity index (χ1v) is 9.36. The predicted molar refractivity (Wildman–Crippen MR) is 114 cm³/mol. The van der Waals surface area contributed by atoms with Crippen molar-refractivity contribution in [3.05, 3.63) is 101 Å². The molecular weight excluding hydrogens is 349 g/mol. The third-order valence-corrected chi connectivity index (χ3v) is 5.05. The van der Waals surface area contributed by atoms with Gasteiger partial charge in [0.2, 0.25) is 0 Å². The molecule has 0 N–H and O–H groups in total. The molecule has 28 heavy (non-hydrogen) atoms. The van der Waals surface area contributed by atoms with E-state index in [-0.39, 0.29) is 16.8 Å². The minimum atomic E-state index is -0.322. The van der Waals surface area contributed by atoms with Crippen molar-refractivity contribution in [1.29, 1.82) is 0 Å². The van der Waals surface area contributed by atoms with Crippen LogP contribution in [0, 0.1) is 5.82 Å². The standard InChI is InChI=1S/C25H22FNO/c1-25(2,3)18-9-14-23-22(15-18)21(17-7-5-4-6-8-17)16-24(28)27(23)20-12-10-19(26)11-13-20/h4-16H,1-3H3. The summed E-state index contributed by atoms with van der Waals surface area (Å²) in [6.07, 6.45) is 0. The second-order valence-electron chi connectivity index (χ2n) is 8.06. The third-order valence-electron chi connectivity index (χ3n) is 5.05. The highest BCUT2D eigenvalue weighted by molar-refractivity contribution is 5.96. The first-order valence-electron chi connectivity index (χ1n) is 9.36. The maximum absolute atomic E-state index is 13.4. The van der Waals surface area contributed by atoms with Gasteiger partial charge in [0.1, 0.15) is 5.82 Å². The van der Waals surface area contributed by atoms with Crippen molar-refractivity contribution in [2.75, 3.05) is 0 Å². The molecular formula is C25H22FNO. The second-order valence-corrected chi connectivity index (χ2v) is 8.06. The van der Waals surface area contributed by atoms with Crippen LogP contribution >= 0.6 is 0 Å². The molecule has 0 bridgehead atoms. The molecule has 3 aromatic carbocycles. The summed E-state index contributed by atoms with van der Waals surface area (Å²) in [6.45, 7) is 6.52. The molecule has 0 aliphatic carbocycles. The first kappa shape index (κ1) is 18.2. The van der Waals surface area contributed by atoms with Crippen LogP contribution in [0.1, 0.15) is 26.3 Å². The topological polar surface area (TPSA) is 22.0 Å². The van der Waals surface area contributed by atoms with Crippen LogP contribution in [0.3, 0.4) is 0 Å². The van der Waals surface area contributed by atoms with E-state index in [1.807, 2.05) is 36.4 Å². The average Bonchev–Trinajstić information content (AvgIpc) is 2.68.